The minimum Gasteiger partial charge on any atom is -0.396 e. The summed E-state index contributed by atoms with van der Waals surface area (Å²) in [6.45, 7) is 4.11. The zero-order valence-corrected chi connectivity index (χ0v) is 20.5. The summed E-state index contributed by atoms with van der Waals surface area (Å²) in [6, 6.07) is 0.267. The fourth-order valence-corrected chi connectivity index (χ4v) is 7.87. The molecule has 1 heterocycles. The maximum Gasteiger partial charge on any atom is 0.229 e. The van der Waals surface area contributed by atoms with Crippen LogP contribution in [-0.4, -0.2) is 45.8 Å². The highest BCUT2D eigenvalue weighted by Gasteiger charge is 2.59. The number of fused-ring (bicyclic) bond motifs is 2. The molecule has 3 saturated carbocycles. The average Bonchev–Trinajstić information content (AvgIpc) is 3.38. The Kier molecular flexibility index (Phi) is 6.07. The highest BCUT2D eigenvalue weighted by Crippen LogP contribution is 2.62. The van der Waals surface area contributed by atoms with Gasteiger partial charge in [0.15, 0.2) is 5.13 Å². The molecule has 1 aromatic heterocycles. The van der Waals surface area contributed by atoms with Crippen molar-refractivity contribution in [1.29, 1.82) is 0 Å². The monoisotopic (exact) mass is 475 g/mol. The Morgan fingerprint density at radius 1 is 1.15 bits per heavy atom. The summed E-state index contributed by atoms with van der Waals surface area (Å²) < 4.78 is 0. The molecule has 1 aromatic rings. The molecule has 0 aliphatic heterocycles. The van der Waals surface area contributed by atoms with Gasteiger partial charge in [0, 0.05) is 34.6 Å². The van der Waals surface area contributed by atoms with Crippen molar-refractivity contribution < 1.29 is 19.8 Å². The van der Waals surface area contributed by atoms with E-state index in [0.717, 1.165) is 42.7 Å². The Labute approximate surface area is 199 Å². The van der Waals surface area contributed by atoms with Gasteiger partial charge < -0.3 is 20.8 Å². The molecule has 33 heavy (non-hydrogen) atoms. The number of aliphatic hydroxyl groups is 2. The molecule has 182 valence electrons. The Morgan fingerprint density at radius 3 is 2.55 bits per heavy atom. The Balaban J connectivity index is 1.47. The fraction of sp³-hybridized carbons (Fsp3) is 0.800. The Hall–Kier alpha value is -1.51. The molecule has 4 aliphatic carbocycles. The number of hydrogen-bond donors (Lipinski definition) is 4. The van der Waals surface area contributed by atoms with E-state index >= 15 is 0 Å². The number of hydrogen-bond acceptors (Lipinski definition) is 6. The van der Waals surface area contributed by atoms with Crippen molar-refractivity contribution in [2.75, 3.05) is 11.9 Å². The van der Waals surface area contributed by atoms with Gasteiger partial charge in [-0.25, -0.2) is 4.98 Å². The van der Waals surface area contributed by atoms with Crippen molar-refractivity contribution in [2.45, 2.75) is 96.1 Å². The minimum absolute atomic E-state index is 0.0305. The second-order valence-electron chi connectivity index (χ2n) is 11.4. The maximum atomic E-state index is 13.2. The third kappa shape index (κ3) is 4.12. The van der Waals surface area contributed by atoms with Crippen LogP contribution in [0.25, 0.3) is 0 Å². The van der Waals surface area contributed by atoms with Gasteiger partial charge in [0.2, 0.25) is 11.8 Å². The molecule has 5 rings (SSSR count). The van der Waals surface area contributed by atoms with Crippen LogP contribution in [0, 0.1) is 22.7 Å². The van der Waals surface area contributed by atoms with E-state index in [9.17, 15) is 19.8 Å². The molecule has 7 nitrogen and oxygen atoms in total. The summed E-state index contributed by atoms with van der Waals surface area (Å²) in [7, 11) is 0. The first kappa shape index (κ1) is 23.2. The second kappa shape index (κ2) is 8.61. The highest BCUT2D eigenvalue weighted by molar-refractivity contribution is 7.15. The van der Waals surface area contributed by atoms with Crippen LogP contribution in [0.3, 0.4) is 0 Å². The predicted molar refractivity (Wildman–Crippen MR) is 127 cm³/mol. The first-order valence-corrected chi connectivity index (χ1v) is 13.4. The van der Waals surface area contributed by atoms with Crippen LogP contribution in [0.2, 0.25) is 0 Å². The molecule has 0 aromatic carbocycles. The van der Waals surface area contributed by atoms with Crippen LogP contribution in [0.5, 0.6) is 0 Å². The molecule has 3 fully saturated rings. The van der Waals surface area contributed by atoms with Crippen LogP contribution < -0.4 is 10.6 Å². The van der Waals surface area contributed by atoms with Gasteiger partial charge in [0.1, 0.15) is 0 Å². The molecule has 8 heteroatoms. The summed E-state index contributed by atoms with van der Waals surface area (Å²) in [5, 5.41) is 28.1. The predicted octanol–water partition coefficient (Wildman–Crippen LogP) is 3.36. The normalized spacial score (nSPS) is 36.2. The van der Waals surface area contributed by atoms with Crippen LogP contribution in [0.1, 0.15) is 88.1 Å². The molecule has 0 bridgehead atoms. The lowest BCUT2D eigenvalue weighted by Gasteiger charge is -2.58. The van der Waals surface area contributed by atoms with Crippen LogP contribution in [0.4, 0.5) is 5.13 Å². The molecule has 0 spiro atoms. The third-order valence-corrected chi connectivity index (χ3v) is 10.2. The molecule has 2 amide bonds. The number of aliphatic hydroxyl groups excluding tert-OH is 2. The van der Waals surface area contributed by atoms with Crippen molar-refractivity contribution in [3.8, 4) is 0 Å². The highest BCUT2D eigenvalue weighted by atomic mass is 32.1. The van der Waals surface area contributed by atoms with Crippen molar-refractivity contribution in [3.05, 3.63) is 10.6 Å². The smallest absolute Gasteiger partial charge is 0.229 e. The molecule has 0 saturated heterocycles. The fourth-order valence-electron chi connectivity index (χ4n) is 6.79. The van der Waals surface area contributed by atoms with E-state index in [-0.39, 0.29) is 47.6 Å². The van der Waals surface area contributed by atoms with E-state index in [1.807, 2.05) is 6.92 Å². The van der Waals surface area contributed by atoms with Gasteiger partial charge in [-0.2, -0.15) is 0 Å². The summed E-state index contributed by atoms with van der Waals surface area (Å²) in [6.07, 6.45) is 8.19. The van der Waals surface area contributed by atoms with Gasteiger partial charge in [-0.3, -0.25) is 9.59 Å². The maximum absolute atomic E-state index is 13.2. The van der Waals surface area contributed by atoms with E-state index in [0.29, 0.717) is 24.4 Å². The summed E-state index contributed by atoms with van der Waals surface area (Å²) in [4.78, 5) is 31.5. The van der Waals surface area contributed by atoms with Gasteiger partial charge in [0.25, 0.3) is 0 Å². The number of amides is 2. The molecule has 4 aliphatic rings. The average molecular weight is 476 g/mol. The number of nitrogens with one attached hydrogen (secondary N) is 2. The lowest BCUT2D eigenvalue weighted by atomic mass is 9.47. The molecule has 5 unspecified atom stereocenters. The third-order valence-electron chi connectivity index (χ3n) is 9.18. The van der Waals surface area contributed by atoms with E-state index in [4.69, 9.17) is 4.98 Å². The number of aromatic nitrogens is 1. The number of thiazole rings is 1. The van der Waals surface area contributed by atoms with Gasteiger partial charge in [0.05, 0.1) is 18.4 Å². The van der Waals surface area contributed by atoms with Crippen LogP contribution >= 0.6 is 11.3 Å². The summed E-state index contributed by atoms with van der Waals surface area (Å²) in [5.74, 6) is 0.132. The Morgan fingerprint density at radius 2 is 1.88 bits per heavy atom. The van der Waals surface area contributed by atoms with Crippen molar-refractivity contribution in [2.24, 2.45) is 22.7 Å². The van der Waals surface area contributed by atoms with Gasteiger partial charge in [-0.15, -0.1) is 11.3 Å². The lowest BCUT2D eigenvalue weighted by Crippen LogP contribution is -2.57. The molecule has 0 radical (unpaired) electrons. The SMILES string of the molecule is CC1(CO)C(O)CCC2(C)C(CC(=O)NC3CCCC3)c3nc(NC(=O)C4CC4)sc3CC12. The quantitative estimate of drug-likeness (QED) is 0.504. The van der Waals surface area contributed by atoms with Gasteiger partial charge >= 0.3 is 0 Å². The van der Waals surface area contributed by atoms with E-state index < -0.39 is 11.5 Å². The van der Waals surface area contributed by atoms with Crippen LogP contribution in [0.15, 0.2) is 0 Å². The molecule has 5 atom stereocenters. The van der Waals surface area contributed by atoms with Crippen molar-refractivity contribution in [1.82, 2.24) is 10.3 Å². The largest absolute Gasteiger partial charge is 0.396 e. The number of anilines is 1. The van der Waals surface area contributed by atoms with E-state index in [2.05, 4.69) is 17.6 Å². The molecular formula is C25H37N3O4S. The van der Waals surface area contributed by atoms with E-state index in [1.54, 1.807) is 0 Å². The van der Waals surface area contributed by atoms with Gasteiger partial charge in [-0.1, -0.05) is 26.7 Å². The lowest BCUT2D eigenvalue weighted by molar-refractivity contribution is -0.144. The van der Waals surface area contributed by atoms with Crippen molar-refractivity contribution >= 4 is 28.3 Å². The Bertz CT molecular complexity index is 925. The topological polar surface area (TPSA) is 112 Å². The second-order valence-corrected chi connectivity index (χ2v) is 12.5. The summed E-state index contributed by atoms with van der Waals surface area (Å²) >= 11 is 1.50. The standard InChI is InChI=1S/C25H37N3O4S/c1-24-10-9-19(30)25(2,13-29)18(24)12-17-21(27-23(33-17)28-22(32)14-7-8-14)16(24)11-20(31)26-15-5-3-4-6-15/h14-16,18-19,29-30H,3-13H2,1-2H3,(H,26,31)(H,27,28,32). The zero-order chi connectivity index (χ0) is 23.4. The number of rotatable bonds is 6. The summed E-state index contributed by atoms with van der Waals surface area (Å²) in [5.41, 5.74) is 0.0394. The number of carbonyl (C=O) groups excluding carboxylic acids is 2. The first-order chi connectivity index (χ1) is 15.7. The zero-order valence-electron chi connectivity index (χ0n) is 19.7. The first-order valence-electron chi connectivity index (χ1n) is 12.6. The van der Waals surface area contributed by atoms with Crippen LogP contribution in [-0.2, 0) is 16.0 Å². The minimum atomic E-state index is -0.633. The number of nitrogens with zero attached hydrogens (tertiary/aromatic N) is 1. The van der Waals surface area contributed by atoms with Gasteiger partial charge in [-0.05, 0) is 56.3 Å². The van der Waals surface area contributed by atoms with Crippen molar-refractivity contribution in [3.63, 3.8) is 0 Å². The van der Waals surface area contributed by atoms with E-state index in [1.165, 1.54) is 24.2 Å². The molecular weight excluding hydrogens is 438 g/mol. The molecule has 4 N–H and O–H groups in total. The number of carbonyl (C=O) groups is 2.